The van der Waals surface area contributed by atoms with E-state index in [9.17, 15) is 18.8 Å². The molecule has 4 N–H and O–H groups in total. The molecule has 1 aromatic rings. The molecule has 2 rings (SSSR count). The lowest BCUT2D eigenvalue weighted by molar-refractivity contribution is -0.119. The van der Waals surface area contributed by atoms with Gasteiger partial charge in [-0.25, -0.2) is 14.0 Å². The minimum absolute atomic E-state index is 0.146. The maximum atomic E-state index is 13.1. The van der Waals surface area contributed by atoms with Crippen LogP contribution < -0.4 is 16.0 Å². The standard InChI is InChI=1S/C12H12FN3O4/c13-6-1-2-8(11(18)19)9(3-6)16-12(20)15-7-4-10(17)14-5-7/h1-3,7H,4-5H2,(H,14,17)(H,18,19)(H2,15,16,20). The zero-order valence-electron chi connectivity index (χ0n) is 10.3. The smallest absolute Gasteiger partial charge is 0.337 e. The second-order valence-corrected chi connectivity index (χ2v) is 4.30. The number of carboxylic acids is 1. The number of carbonyl (C=O) groups excluding carboxylic acids is 2. The number of aromatic carboxylic acids is 1. The molecule has 0 radical (unpaired) electrons. The Balaban J connectivity index is 2.05. The van der Waals surface area contributed by atoms with Crippen LogP contribution in [0.1, 0.15) is 16.8 Å². The van der Waals surface area contributed by atoms with E-state index in [1.165, 1.54) is 0 Å². The number of carbonyl (C=O) groups is 3. The maximum Gasteiger partial charge on any atom is 0.337 e. The molecule has 1 atom stereocenters. The lowest BCUT2D eigenvalue weighted by Gasteiger charge is -2.13. The fraction of sp³-hybridized carbons (Fsp3) is 0.250. The van der Waals surface area contributed by atoms with Crippen LogP contribution in [0.2, 0.25) is 0 Å². The minimum atomic E-state index is -1.28. The Morgan fingerprint density at radius 3 is 2.75 bits per heavy atom. The summed E-state index contributed by atoms with van der Waals surface area (Å²) in [5.41, 5.74) is -0.366. The fourth-order valence-corrected chi connectivity index (χ4v) is 1.86. The number of amides is 3. The predicted molar refractivity (Wildman–Crippen MR) is 66.9 cm³/mol. The average Bonchev–Trinajstić information content (AvgIpc) is 2.74. The van der Waals surface area contributed by atoms with E-state index in [1.807, 2.05) is 0 Å². The number of hydrogen-bond acceptors (Lipinski definition) is 3. The Kier molecular flexibility index (Phi) is 3.83. The van der Waals surface area contributed by atoms with E-state index in [1.54, 1.807) is 0 Å². The Morgan fingerprint density at radius 2 is 2.15 bits per heavy atom. The van der Waals surface area contributed by atoms with Gasteiger partial charge in [0.25, 0.3) is 0 Å². The highest BCUT2D eigenvalue weighted by atomic mass is 19.1. The fourth-order valence-electron chi connectivity index (χ4n) is 1.86. The quantitative estimate of drug-likeness (QED) is 0.648. The first-order valence-corrected chi connectivity index (χ1v) is 5.83. The van der Waals surface area contributed by atoms with Crippen molar-refractivity contribution in [1.82, 2.24) is 10.6 Å². The SMILES string of the molecule is O=C1CC(NC(=O)Nc2cc(F)ccc2C(=O)O)CN1. The maximum absolute atomic E-state index is 13.1. The summed E-state index contributed by atoms with van der Waals surface area (Å²) in [5, 5.41) is 16.2. The Labute approximate surface area is 113 Å². The lowest BCUT2D eigenvalue weighted by atomic mass is 10.1. The van der Waals surface area contributed by atoms with Crippen LogP contribution in [0.4, 0.5) is 14.9 Å². The Bertz CT molecular complexity index is 576. The molecule has 0 aliphatic carbocycles. The van der Waals surface area contributed by atoms with Crippen molar-refractivity contribution in [3.05, 3.63) is 29.6 Å². The number of anilines is 1. The van der Waals surface area contributed by atoms with Gasteiger partial charge in [-0.1, -0.05) is 0 Å². The zero-order valence-corrected chi connectivity index (χ0v) is 10.3. The van der Waals surface area contributed by atoms with Gasteiger partial charge in [-0.3, -0.25) is 4.79 Å². The van der Waals surface area contributed by atoms with E-state index in [0.717, 1.165) is 18.2 Å². The second kappa shape index (κ2) is 5.55. The third-order valence-electron chi connectivity index (χ3n) is 2.77. The van der Waals surface area contributed by atoms with E-state index in [4.69, 9.17) is 5.11 Å². The highest BCUT2D eigenvalue weighted by molar-refractivity contribution is 6.00. The Morgan fingerprint density at radius 1 is 1.40 bits per heavy atom. The number of rotatable bonds is 3. The van der Waals surface area contributed by atoms with Gasteiger partial charge < -0.3 is 21.1 Å². The summed E-state index contributed by atoms with van der Waals surface area (Å²) in [4.78, 5) is 33.6. The van der Waals surface area contributed by atoms with Gasteiger partial charge in [-0.2, -0.15) is 0 Å². The summed E-state index contributed by atoms with van der Waals surface area (Å²) in [6.45, 7) is 0.307. The summed E-state index contributed by atoms with van der Waals surface area (Å²) in [5.74, 6) is -2.12. The summed E-state index contributed by atoms with van der Waals surface area (Å²) in [7, 11) is 0. The van der Waals surface area contributed by atoms with Crippen molar-refractivity contribution in [2.75, 3.05) is 11.9 Å². The van der Waals surface area contributed by atoms with Crippen molar-refractivity contribution in [3.8, 4) is 0 Å². The monoisotopic (exact) mass is 281 g/mol. The van der Waals surface area contributed by atoms with Crippen molar-refractivity contribution < 1.29 is 23.9 Å². The molecule has 0 spiro atoms. The van der Waals surface area contributed by atoms with Crippen molar-refractivity contribution >= 4 is 23.6 Å². The molecule has 106 valence electrons. The number of halogens is 1. The van der Waals surface area contributed by atoms with Gasteiger partial charge in [-0.05, 0) is 18.2 Å². The van der Waals surface area contributed by atoms with Gasteiger partial charge in [0.05, 0.1) is 17.3 Å². The summed E-state index contributed by atoms with van der Waals surface area (Å²) >= 11 is 0. The van der Waals surface area contributed by atoms with Gasteiger partial charge in [0.15, 0.2) is 0 Å². The topological polar surface area (TPSA) is 108 Å². The van der Waals surface area contributed by atoms with E-state index >= 15 is 0 Å². The van der Waals surface area contributed by atoms with Crippen LogP contribution >= 0.6 is 0 Å². The van der Waals surface area contributed by atoms with Crippen molar-refractivity contribution in [3.63, 3.8) is 0 Å². The van der Waals surface area contributed by atoms with Crippen molar-refractivity contribution in [1.29, 1.82) is 0 Å². The van der Waals surface area contributed by atoms with Crippen LogP contribution in [-0.2, 0) is 4.79 Å². The molecule has 0 bridgehead atoms. The van der Waals surface area contributed by atoms with Gasteiger partial charge >= 0.3 is 12.0 Å². The van der Waals surface area contributed by atoms with E-state index < -0.39 is 17.8 Å². The van der Waals surface area contributed by atoms with Gasteiger partial charge in [-0.15, -0.1) is 0 Å². The van der Waals surface area contributed by atoms with Gasteiger partial charge in [0, 0.05) is 13.0 Å². The first kappa shape index (κ1) is 13.8. The Hall–Kier alpha value is -2.64. The second-order valence-electron chi connectivity index (χ2n) is 4.30. The average molecular weight is 281 g/mol. The molecule has 1 aliphatic heterocycles. The van der Waals surface area contributed by atoms with Crippen molar-refractivity contribution in [2.45, 2.75) is 12.5 Å². The lowest BCUT2D eigenvalue weighted by Crippen LogP contribution is -2.39. The summed E-state index contributed by atoms with van der Waals surface area (Å²) < 4.78 is 13.1. The third kappa shape index (κ3) is 3.22. The molecule has 1 aliphatic rings. The molecular weight excluding hydrogens is 269 g/mol. The minimum Gasteiger partial charge on any atom is -0.478 e. The molecule has 8 heteroatoms. The first-order chi connectivity index (χ1) is 9.45. The largest absolute Gasteiger partial charge is 0.478 e. The molecule has 0 saturated carbocycles. The molecule has 7 nitrogen and oxygen atoms in total. The molecule has 0 aromatic heterocycles. The van der Waals surface area contributed by atoms with E-state index in [2.05, 4.69) is 16.0 Å². The molecule has 1 heterocycles. The summed E-state index contributed by atoms with van der Waals surface area (Å²) in [6.07, 6.45) is 0.155. The predicted octanol–water partition coefficient (Wildman–Crippen LogP) is 0.534. The van der Waals surface area contributed by atoms with Crippen LogP contribution in [0.3, 0.4) is 0 Å². The first-order valence-electron chi connectivity index (χ1n) is 5.83. The van der Waals surface area contributed by atoms with Crippen LogP contribution in [0.15, 0.2) is 18.2 Å². The molecular formula is C12H12FN3O4. The highest BCUT2D eigenvalue weighted by Gasteiger charge is 2.23. The third-order valence-corrected chi connectivity index (χ3v) is 2.77. The molecule has 1 fully saturated rings. The number of nitrogens with one attached hydrogen (secondary N) is 3. The molecule has 1 saturated heterocycles. The highest BCUT2D eigenvalue weighted by Crippen LogP contribution is 2.17. The molecule has 1 aromatic carbocycles. The van der Waals surface area contributed by atoms with Crippen LogP contribution in [0.25, 0.3) is 0 Å². The summed E-state index contributed by atoms with van der Waals surface area (Å²) in [6, 6.07) is 1.91. The molecule has 1 unspecified atom stereocenters. The number of benzene rings is 1. The number of carboxylic acid groups (broad SMARTS) is 1. The van der Waals surface area contributed by atoms with Crippen LogP contribution in [0, 0.1) is 5.82 Å². The molecule has 20 heavy (non-hydrogen) atoms. The van der Waals surface area contributed by atoms with Gasteiger partial charge in [0.2, 0.25) is 5.91 Å². The molecule has 3 amide bonds. The number of urea groups is 1. The van der Waals surface area contributed by atoms with E-state index in [-0.39, 0.29) is 29.6 Å². The number of hydrogen-bond donors (Lipinski definition) is 4. The van der Waals surface area contributed by atoms with Crippen LogP contribution in [-0.4, -0.2) is 35.6 Å². The van der Waals surface area contributed by atoms with E-state index in [0.29, 0.717) is 6.54 Å². The normalized spacial score (nSPS) is 17.4. The van der Waals surface area contributed by atoms with Crippen molar-refractivity contribution in [2.24, 2.45) is 0 Å². The van der Waals surface area contributed by atoms with Crippen LogP contribution in [0.5, 0.6) is 0 Å². The van der Waals surface area contributed by atoms with Gasteiger partial charge in [0.1, 0.15) is 5.82 Å². The zero-order chi connectivity index (χ0) is 14.7.